The predicted octanol–water partition coefficient (Wildman–Crippen LogP) is 3.31. The summed E-state index contributed by atoms with van der Waals surface area (Å²) < 4.78 is 0. The maximum atomic E-state index is 11.1. The third-order valence-corrected chi connectivity index (χ3v) is 4.20. The van der Waals surface area contributed by atoms with Crippen LogP contribution in [0.4, 0.5) is 0 Å². The summed E-state index contributed by atoms with van der Waals surface area (Å²) in [5, 5.41) is 7.61. The molecule has 1 aliphatic heterocycles. The zero-order valence-corrected chi connectivity index (χ0v) is 12.4. The van der Waals surface area contributed by atoms with Gasteiger partial charge >= 0.3 is 0 Å². The summed E-state index contributed by atoms with van der Waals surface area (Å²) in [6, 6.07) is 6.28. The molecule has 5 heteroatoms. The highest BCUT2D eigenvalue weighted by Crippen LogP contribution is 2.27. The second-order valence-corrected chi connectivity index (χ2v) is 5.66. The van der Waals surface area contributed by atoms with E-state index in [1.807, 2.05) is 18.2 Å². The zero-order valence-electron chi connectivity index (χ0n) is 10.9. The van der Waals surface area contributed by atoms with Crippen LogP contribution in [0.5, 0.6) is 0 Å². The van der Waals surface area contributed by atoms with Gasteiger partial charge in [0, 0.05) is 25.0 Å². The van der Waals surface area contributed by atoms with E-state index in [1.165, 1.54) is 0 Å². The first-order valence-corrected chi connectivity index (χ1v) is 7.33. The van der Waals surface area contributed by atoms with Crippen LogP contribution in [-0.2, 0) is 4.79 Å². The highest BCUT2D eigenvalue weighted by atomic mass is 35.5. The van der Waals surface area contributed by atoms with Gasteiger partial charge in [-0.3, -0.25) is 4.79 Å². The fourth-order valence-corrected chi connectivity index (χ4v) is 2.65. The van der Waals surface area contributed by atoms with E-state index in [2.05, 4.69) is 17.6 Å². The Labute approximate surface area is 123 Å². The van der Waals surface area contributed by atoms with Gasteiger partial charge in [-0.15, -0.1) is 0 Å². The lowest BCUT2D eigenvalue weighted by Crippen LogP contribution is -2.46. The lowest BCUT2D eigenvalue weighted by atomic mass is 10.0. The molecule has 1 amide bonds. The van der Waals surface area contributed by atoms with E-state index in [0.717, 1.165) is 18.4 Å². The predicted molar refractivity (Wildman–Crippen MR) is 78.7 cm³/mol. The van der Waals surface area contributed by atoms with Crippen molar-refractivity contribution in [2.24, 2.45) is 0 Å². The minimum absolute atomic E-state index is 0.139. The van der Waals surface area contributed by atoms with Crippen LogP contribution in [0.3, 0.4) is 0 Å². The molecular formula is C14H18Cl2N2O. The van der Waals surface area contributed by atoms with Crippen molar-refractivity contribution in [1.29, 1.82) is 0 Å². The van der Waals surface area contributed by atoms with E-state index >= 15 is 0 Å². The van der Waals surface area contributed by atoms with Gasteiger partial charge in [0.2, 0.25) is 5.91 Å². The summed E-state index contributed by atoms with van der Waals surface area (Å²) in [7, 11) is 0. The van der Waals surface area contributed by atoms with Crippen LogP contribution in [0, 0.1) is 0 Å². The molecule has 0 spiro atoms. The zero-order chi connectivity index (χ0) is 13.8. The maximum absolute atomic E-state index is 11.1. The number of hydrogen-bond acceptors (Lipinski definition) is 2. The fourth-order valence-electron chi connectivity index (χ4n) is 2.34. The minimum atomic E-state index is 0.139. The molecule has 1 aromatic carbocycles. The van der Waals surface area contributed by atoms with E-state index < -0.39 is 0 Å². The van der Waals surface area contributed by atoms with Gasteiger partial charge in [0.05, 0.1) is 10.0 Å². The van der Waals surface area contributed by atoms with Crippen molar-refractivity contribution in [3.63, 3.8) is 0 Å². The van der Waals surface area contributed by atoms with Crippen molar-refractivity contribution in [3.8, 4) is 0 Å². The highest BCUT2D eigenvalue weighted by molar-refractivity contribution is 6.42. The molecule has 2 N–H and O–H groups in total. The van der Waals surface area contributed by atoms with Gasteiger partial charge in [-0.2, -0.15) is 0 Å². The number of piperidine rings is 1. The first kappa shape index (κ1) is 14.6. The van der Waals surface area contributed by atoms with Gasteiger partial charge in [0.1, 0.15) is 0 Å². The van der Waals surface area contributed by atoms with Crippen LogP contribution in [0.15, 0.2) is 18.2 Å². The molecule has 1 fully saturated rings. The third-order valence-electron chi connectivity index (χ3n) is 3.46. The second kappa shape index (κ2) is 6.60. The summed E-state index contributed by atoms with van der Waals surface area (Å²) in [6.07, 6.45) is 2.43. The van der Waals surface area contributed by atoms with Crippen LogP contribution in [0.2, 0.25) is 10.0 Å². The molecule has 2 unspecified atom stereocenters. The SMILES string of the molecule is CCC(NC1CCC(=O)NC1)c1ccc(Cl)c(Cl)c1. The van der Waals surface area contributed by atoms with Crippen molar-refractivity contribution >= 4 is 29.1 Å². The standard InChI is InChI=1S/C14H18Cl2N2O/c1-2-13(9-3-5-11(15)12(16)7-9)18-10-4-6-14(19)17-8-10/h3,5,7,10,13,18H,2,4,6,8H2,1H3,(H,17,19). The van der Waals surface area contributed by atoms with E-state index in [9.17, 15) is 4.79 Å². The largest absolute Gasteiger partial charge is 0.355 e. The number of carbonyl (C=O) groups excluding carboxylic acids is 1. The van der Waals surface area contributed by atoms with E-state index in [-0.39, 0.29) is 11.9 Å². The van der Waals surface area contributed by atoms with Crippen LogP contribution >= 0.6 is 23.2 Å². The van der Waals surface area contributed by atoms with E-state index in [0.29, 0.717) is 29.1 Å². The number of rotatable bonds is 4. The third kappa shape index (κ3) is 3.85. The average molecular weight is 301 g/mol. The van der Waals surface area contributed by atoms with Gasteiger partial charge in [0.25, 0.3) is 0 Å². The lowest BCUT2D eigenvalue weighted by molar-refractivity contribution is -0.122. The van der Waals surface area contributed by atoms with E-state index in [1.54, 1.807) is 0 Å². The fraction of sp³-hybridized carbons (Fsp3) is 0.500. The first-order valence-electron chi connectivity index (χ1n) is 6.58. The Kier molecular flexibility index (Phi) is 5.08. The summed E-state index contributed by atoms with van der Waals surface area (Å²) in [6.45, 7) is 2.82. The van der Waals surface area contributed by atoms with Crippen LogP contribution < -0.4 is 10.6 Å². The number of benzene rings is 1. The quantitative estimate of drug-likeness (QED) is 0.896. The number of amides is 1. The number of halogens is 2. The van der Waals surface area contributed by atoms with Crippen LogP contribution in [-0.4, -0.2) is 18.5 Å². The van der Waals surface area contributed by atoms with Crippen molar-refractivity contribution in [3.05, 3.63) is 33.8 Å². The number of nitrogens with one attached hydrogen (secondary N) is 2. The van der Waals surface area contributed by atoms with E-state index in [4.69, 9.17) is 23.2 Å². The molecule has 104 valence electrons. The Morgan fingerprint density at radius 2 is 2.21 bits per heavy atom. The molecule has 0 saturated carbocycles. The Hall–Kier alpha value is -0.770. The van der Waals surface area contributed by atoms with Gasteiger partial charge < -0.3 is 10.6 Å². The van der Waals surface area contributed by atoms with Gasteiger partial charge in [0.15, 0.2) is 0 Å². The molecule has 1 saturated heterocycles. The summed E-state index contributed by atoms with van der Waals surface area (Å²) in [5.74, 6) is 0.139. The van der Waals surface area contributed by atoms with Gasteiger partial charge in [-0.25, -0.2) is 0 Å². The van der Waals surface area contributed by atoms with Crippen molar-refractivity contribution in [2.75, 3.05) is 6.54 Å². The molecule has 3 nitrogen and oxygen atoms in total. The summed E-state index contributed by atoms with van der Waals surface area (Å²) >= 11 is 12.0. The van der Waals surface area contributed by atoms with Crippen molar-refractivity contribution in [2.45, 2.75) is 38.3 Å². The summed E-state index contributed by atoms with van der Waals surface area (Å²) in [4.78, 5) is 11.1. The molecule has 0 aliphatic carbocycles. The second-order valence-electron chi connectivity index (χ2n) is 4.84. The molecule has 1 aromatic rings. The summed E-state index contributed by atoms with van der Waals surface area (Å²) in [5.41, 5.74) is 1.13. The Balaban J connectivity index is 2.03. The highest BCUT2D eigenvalue weighted by Gasteiger charge is 2.21. The lowest BCUT2D eigenvalue weighted by Gasteiger charge is -2.28. The Morgan fingerprint density at radius 3 is 2.79 bits per heavy atom. The van der Waals surface area contributed by atoms with Crippen LogP contribution in [0.25, 0.3) is 0 Å². The average Bonchev–Trinajstić information content (AvgIpc) is 2.41. The molecule has 0 aromatic heterocycles. The number of carbonyl (C=O) groups is 1. The number of hydrogen-bond donors (Lipinski definition) is 2. The Bertz CT molecular complexity index is 455. The monoisotopic (exact) mass is 300 g/mol. The molecular weight excluding hydrogens is 283 g/mol. The molecule has 19 heavy (non-hydrogen) atoms. The normalized spacial score (nSPS) is 21.0. The molecule has 0 bridgehead atoms. The molecule has 1 heterocycles. The van der Waals surface area contributed by atoms with Gasteiger partial charge in [-0.1, -0.05) is 36.2 Å². The molecule has 2 rings (SSSR count). The minimum Gasteiger partial charge on any atom is -0.355 e. The van der Waals surface area contributed by atoms with Gasteiger partial charge in [-0.05, 0) is 30.5 Å². The molecule has 0 radical (unpaired) electrons. The first-order chi connectivity index (χ1) is 9.10. The molecule has 1 aliphatic rings. The maximum Gasteiger partial charge on any atom is 0.220 e. The smallest absolute Gasteiger partial charge is 0.220 e. The molecule has 2 atom stereocenters. The Morgan fingerprint density at radius 1 is 1.42 bits per heavy atom. The van der Waals surface area contributed by atoms with Crippen molar-refractivity contribution in [1.82, 2.24) is 10.6 Å². The van der Waals surface area contributed by atoms with Crippen LogP contribution in [0.1, 0.15) is 37.8 Å². The topological polar surface area (TPSA) is 41.1 Å². The van der Waals surface area contributed by atoms with Crippen molar-refractivity contribution < 1.29 is 4.79 Å².